The molecule has 1 aromatic heterocycles. The molecule has 0 saturated carbocycles. The number of fused-ring (bicyclic) bond motifs is 1. The zero-order valence-electron chi connectivity index (χ0n) is 17.0. The Morgan fingerprint density at radius 3 is 2.56 bits per heavy atom. The van der Waals surface area contributed by atoms with Crippen molar-refractivity contribution >= 4 is 34.6 Å². The number of anilines is 1. The van der Waals surface area contributed by atoms with E-state index >= 15 is 0 Å². The van der Waals surface area contributed by atoms with E-state index in [0.717, 1.165) is 32.9 Å². The largest absolute Gasteiger partial charge is 0.338 e. The number of nitrogens with zero attached hydrogens (tertiary/aromatic N) is 2. The molecular formula is C24H19N5O3. The lowest BCUT2D eigenvalue weighted by Gasteiger charge is -2.12. The Morgan fingerprint density at radius 2 is 1.81 bits per heavy atom. The molecule has 4 aromatic rings. The third-order valence-corrected chi connectivity index (χ3v) is 5.28. The van der Waals surface area contributed by atoms with Crippen molar-refractivity contribution < 1.29 is 14.4 Å². The van der Waals surface area contributed by atoms with Gasteiger partial charge in [-0.15, -0.1) is 0 Å². The summed E-state index contributed by atoms with van der Waals surface area (Å²) < 4.78 is 0. The van der Waals surface area contributed by atoms with Crippen molar-refractivity contribution in [3.05, 3.63) is 83.9 Å². The average Bonchev–Trinajstić information content (AvgIpc) is 3.38. The molecule has 0 bridgehead atoms. The van der Waals surface area contributed by atoms with Crippen LogP contribution >= 0.6 is 0 Å². The van der Waals surface area contributed by atoms with Gasteiger partial charge in [0, 0.05) is 16.8 Å². The van der Waals surface area contributed by atoms with Gasteiger partial charge in [-0.3, -0.25) is 14.5 Å². The van der Waals surface area contributed by atoms with Gasteiger partial charge in [0.1, 0.15) is 5.82 Å². The molecular weight excluding hydrogens is 406 g/mol. The van der Waals surface area contributed by atoms with Crippen LogP contribution in [0.3, 0.4) is 0 Å². The van der Waals surface area contributed by atoms with Crippen LogP contribution in [0.15, 0.2) is 72.8 Å². The number of carbonyl (C=O) groups excluding carboxylic acids is 3. The van der Waals surface area contributed by atoms with Crippen molar-refractivity contribution in [2.45, 2.75) is 6.54 Å². The number of imide groups is 1. The molecule has 158 valence electrons. The molecule has 1 aliphatic heterocycles. The van der Waals surface area contributed by atoms with E-state index in [-0.39, 0.29) is 24.9 Å². The second kappa shape index (κ2) is 7.99. The number of hydrogen-bond acceptors (Lipinski definition) is 4. The SMILES string of the molecule is O=C(Nc1cccc(-c2nc3ccccc3[nH]2)c1)c1ccc(CN2C(=O)CNC2=O)cc1. The fourth-order valence-electron chi connectivity index (χ4n) is 3.60. The minimum Gasteiger partial charge on any atom is -0.338 e. The first-order chi connectivity index (χ1) is 15.6. The van der Waals surface area contributed by atoms with Gasteiger partial charge in [0.25, 0.3) is 5.91 Å². The fraction of sp³-hybridized carbons (Fsp3) is 0.0833. The number of aromatic nitrogens is 2. The molecule has 32 heavy (non-hydrogen) atoms. The van der Waals surface area contributed by atoms with E-state index in [9.17, 15) is 14.4 Å². The zero-order chi connectivity index (χ0) is 22.1. The monoisotopic (exact) mass is 425 g/mol. The number of hydrogen-bond donors (Lipinski definition) is 3. The molecule has 5 rings (SSSR count). The summed E-state index contributed by atoms with van der Waals surface area (Å²) in [4.78, 5) is 45.1. The summed E-state index contributed by atoms with van der Waals surface area (Å²) in [5, 5.41) is 5.39. The number of nitrogens with one attached hydrogen (secondary N) is 3. The molecule has 0 radical (unpaired) electrons. The average molecular weight is 425 g/mol. The Hall–Kier alpha value is -4.46. The summed E-state index contributed by atoms with van der Waals surface area (Å²) in [6, 6.07) is 21.7. The lowest BCUT2D eigenvalue weighted by atomic mass is 10.1. The van der Waals surface area contributed by atoms with Crippen molar-refractivity contribution in [3.63, 3.8) is 0 Å². The van der Waals surface area contributed by atoms with Gasteiger partial charge in [0.2, 0.25) is 5.91 Å². The number of rotatable bonds is 5. The van der Waals surface area contributed by atoms with Crippen LogP contribution in [0, 0.1) is 0 Å². The Labute approximate surface area is 183 Å². The molecule has 1 saturated heterocycles. The molecule has 0 unspecified atom stereocenters. The van der Waals surface area contributed by atoms with Crippen LogP contribution in [0.2, 0.25) is 0 Å². The van der Waals surface area contributed by atoms with Crippen LogP contribution in [0.4, 0.5) is 10.5 Å². The van der Waals surface area contributed by atoms with Crippen molar-refractivity contribution in [3.8, 4) is 11.4 Å². The molecule has 8 heteroatoms. The van der Waals surface area contributed by atoms with Gasteiger partial charge in [0.05, 0.1) is 24.1 Å². The number of para-hydroxylation sites is 2. The zero-order valence-corrected chi connectivity index (χ0v) is 17.0. The van der Waals surface area contributed by atoms with Crippen molar-refractivity contribution in [1.29, 1.82) is 0 Å². The first-order valence-electron chi connectivity index (χ1n) is 10.1. The van der Waals surface area contributed by atoms with Crippen LogP contribution in [-0.4, -0.2) is 39.3 Å². The van der Waals surface area contributed by atoms with E-state index in [2.05, 4.69) is 20.6 Å². The van der Waals surface area contributed by atoms with Crippen LogP contribution in [-0.2, 0) is 11.3 Å². The number of amides is 4. The fourth-order valence-corrected chi connectivity index (χ4v) is 3.60. The second-order valence-electron chi connectivity index (χ2n) is 7.47. The molecule has 0 aliphatic carbocycles. The maximum Gasteiger partial charge on any atom is 0.324 e. The van der Waals surface area contributed by atoms with Gasteiger partial charge in [-0.1, -0.05) is 36.4 Å². The van der Waals surface area contributed by atoms with Crippen LogP contribution in [0.5, 0.6) is 0 Å². The molecule has 0 spiro atoms. The van der Waals surface area contributed by atoms with Gasteiger partial charge in [-0.25, -0.2) is 9.78 Å². The van der Waals surface area contributed by atoms with Gasteiger partial charge in [-0.05, 0) is 42.0 Å². The highest BCUT2D eigenvalue weighted by Crippen LogP contribution is 2.23. The van der Waals surface area contributed by atoms with Gasteiger partial charge < -0.3 is 15.6 Å². The highest BCUT2D eigenvalue weighted by Gasteiger charge is 2.28. The molecule has 3 N–H and O–H groups in total. The predicted octanol–water partition coefficient (Wildman–Crippen LogP) is 3.53. The lowest BCUT2D eigenvalue weighted by molar-refractivity contribution is -0.125. The topological polar surface area (TPSA) is 107 Å². The maximum atomic E-state index is 12.7. The molecule has 4 amide bonds. The van der Waals surface area contributed by atoms with E-state index in [1.54, 1.807) is 24.3 Å². The highest BCUT2D eigenvalue weighted by atomic mass is 16.2. The second-order valence-corrected chi connectivity index (χ2v) is 7.47. The number of aromatic amines is 1. The molecule has 1 aliphatic rings. The molecule has 2 heterocycles. The number of urea groups is 1. The minimum atomic E-state index is -0.402. The van der Waals surface area contributed by atoms with E-state index in [1.807, 2.05) is 48.5 Å². The Bertz CT molecular complexity index is 1290. The summed E-state index contributed by atoms with van der Waals surface area (Å²) in [5.41, 5.74) is 4.58. The maximum absolute atomic E-state index is 12.7. The summed E-state index contributed by atoms with van der Waals surface area (Å²) in [6.07, 6.45) is 0. The predicted molar refractivity (Wildman–Crippen MR) is 120 cm³/mol. The molecule has 0 atom stereocenters. The quantitative estimate of drug-likeness (QED) is 0.425. The Balaban J connectivity index is 1.29. The summed E-state index contributed by atoms with van der Waals surface area (Å²) in [5.74, 6) is 0.210. The van der Waals surface area contributed by atoms with E-state index in [4.69, 9.17) is 0 Å². The van der Waals surface area contributed by atoms with E-state index < -0.39 is 6.03 Å². The third kappa shape index (κ3) is 3.81. The lowest BCUT2D eigenvalue weighted by Crippen LogP contribution is -2.30. The molecule has 3 aromatic carbocycles. The van der Waals surface area contributed by atoms with Gasteiger partial charge >= 0.3 is 6.03 Å². The molecule has 1 fully saturated rings. The Morgan fingerprint density at radius 1 is 1.00 bits per heavy atom. The number of imidazole rings is 1. The van der Waals surface area contributed by atoms with Crippen molar-refractivity contribution in [2.75, 3.05) is 11.9 Å². The Kier molecular flexibility index (Phi) is 4.87. The summed E-state index contributed by atoms with van der Waals surface area (Å²) in [6.45, 7) is 0.193. The molecule has 8 nitrogen and oxygen atoms in total. The number of benzene rings is 3. The standard InChI is InChI=1S/C24H19N5O3/c30-21-13-25-24(32)29(21)14-15-8-10-16(11-9-15)23(31)26-18-5-3-4-17(12-18)22-27-19-6-1-2-7-20(19)28-22/h1-12H,13-14H2,(H,25,32)(H,26,31)(H,27,28). The normalized spacial score (nSPS) is 13.4. The third-order valence-electron chi connectivity index (χ3n) is 5.28. The van der Waals surface area contributed by atoms with Crippen LogP contribution < -0.4 is 10.6 Å². The van der Waals surface area contributed by atoms with Gasteiger partial charge in [0.15, 0.2) is 0 Å². The van der Waals surface area contributed by atoms with E-state index in [0.29, 0.717) is 11.3 Å². The van der Waals surface area contributed by atoms with Crippen LogP contribution in [0.1, 0.15) is 15.9 Å². The summed E-state index contributed by atoms with van der Waals surface area (Å²) in [7, 11) is 0. The first-order valence-corrected chi connectivity index (χ1v) is 10.1. The van der Waals surface area contributed by atoms with Crippen molar-refractivity contribution in [1.82, 2.24) is 20.2 Å². The smallest absolute Gasteiger partial charge is 0.324 e. The van der Waals surface area contributed by atoms with Crippen LogP contribution in [0.25, 0.3) is 22.4 Å². The highest BCUT2D eigenvalue weighted by molar-refractivity contribution is 6.04. The number of H-pyrrole nitrogens is 1. The summed E-state index contributed by atoms with van der Waals surface area (Å²) >= 11 is 0. The number of carbonyl (C=O) groups is 3. The minimum absolute atomic E-state index is 0.0203. The van der Waals surface area contributed by atoms with E-state index in [1.165, 1.54) is 0 Å². The van der Waals surface area contributed by atoms with Gasteiger partial charge in [-0.2, -0.15) is 0 Å². The van der Waals surface area contributed by atoms with Crippen molar-refractivity contribution in [2.24, 2.45) is 0 Å². The first kappa shape index (κ1) is 19.5.